The fraction of sp³-hybridized carbons (Fsp3) is 0.357. The standard InChI is InChI=1S/C14H12F3N5O/c15-14(16,17)8-3-4-11(20-7-8)22-13(19)9(6-18)12(21-22)10-2-1-5-23-10/h3-4,7,10H,1-2,5,19H2/t10-/m1/s1. The van der Waals surface area contributed by atoms with Crippen LogP contribution in [-0.4, -0.2) is 21.4 Å². The Morgan fingerprint density at radius 3 is 2.70 bits per heavy atom. The average Bonchev–Trinajstić information content (AvgIpc) is 3.14. The number of ether oxygens (including phenoxy) is 1. The third-order valence-electron chi connectivity index (χ3n) is 3.59. The topological polar surface area (TPSA) is 89.8 Å². The molecule has 23 heavy (non-hydrogen) atoms. The molecule has 0 bridgehead atoms. The van der Waals surface area contributed by atoms with Gasteiger partial charge in [0.05, 0.1) is 5.56 Å². The van der Waals surface area contributed by atoms with Gasteiger partial charge in [0.2, 0.25) is 0 Å². The summed E-state index contributed by atoms with van der Waals surface area (Å²) in [6, 6.07) is 4.02. The Hall–Kier alpha value is -2.60. The van der Waals surface area contributed by atoms with Crippen LogP contribution >= 0.6 is 0 Å². The highest BCUT2D eigenvalue weighted by molar-refractivity contribution is 5.56. The molecule has 2 aromatic heterocycles. The van der Waals surface area contributed by atoms with Gasteiger partial charge in [-0.25, -0.2) is 4.98 Å². The van der Waals surface area contributed by atoms with Gasteiger partial charge in [-0.3, -0.25) is 0 Å². The summed E-state index contributed by atoms with van der Waals surface area (Å²) >= 11 is 0. The summed E-state index contributed by atoms with van der Waals surface area (Å²) in [7, 11) is 0. The Labute approximate surface area is 129 Å². The van der Waals surface area contributed by atoms with Gasteiger partial charge in [0.15, 0.2) is 5.82 Å². The molecule has 0 amide bonds. The smallest absolute Gasteiger partial charge is 0.382 e. The van der Waals surface area contributed by atoms with E-state index in [1.165, 1.54) is 0 Å². The van der Waals surface area contributed by atoms with Crippen LogP contribution in [0, 0.1) is 11.3 Å². The highest BCUT2D eigenvalue weighted by Gasteiger charge is 2.31. The minimum absolute atomic E-state index is 0.0326. The Morgan fingerprint density at radius 1 is 1.39 bits per heavy atom. The summed E-state index contributed by atoms with van der Waals surface area (Å²) in [5, 5.41) is 13.5. The Bertz CT molecular complexity index is 754. The second kappa shape index (κ2) is 5.55. The van der Waals surface area contributed by atoms with E-state index < -0.39 is 11.7 Å². The van der Waals surface area contributed by atoms with Crippen molar-refractivity contribution in [3.63, 3.8) is 0 Å². The summed E-state index contributed by atoms with van der Waals surface area (Å²) in [4.78, 5) is 3.74. The lowest BCUT2D eigenvalue weighted by Gasteiger charge is -2.07. The van der Waals surface area contributed by atoms with Gasteiger partial charge in [-0.05, 0) is 25.0 Å². The van der Waals surface area contributed by atoms with E-state index in [1.54, 1.807) is 0 Å². The van der Waals surface area contributed by atoms with Crippen LogP contribution in [0.15, 0.2) is 18.3 Å². The number of pyridine rings is 1. The first kappa shape index (κ1) is 15.3. The number of hydrogen-bond donors (Lipinski definition) is 1. The van der Waals surface area contributed by atoms with Crippen LogP contribution in [0.25, 0.3) is 5.82 Å². The van der Waals surface area contributed by atoms with E-state index in [0.717, 1.165) is 23.2 Å². The van der Waals surface area contributed by atoms with Crippen molar-refractivity contribution >= 4 is 5.82 Å². The molecule has 3 rings (SSSR count). The van der Waals surface area contributed by atoms with Crippen molar-refractivity contribution in [1.29, 1.82) is 5.26 Å². The van der Waals surface area contributed by atoms with E-state index in [9.17, 15) is 18.4 Å². The third-order valence-corrected chi connectivity index (χ3v) is 3.59. The van der Waals surface area contributed by atoms with E-state index in [-0.39, 0.29) is 23.3 Å². The van der Waals surface area contributed by atoms with E-state index in [4.69, 9.17) is 10.5 Å². The second-order valence-electron chi connectivity index (χ2n) is 5.07. The van der Waals surface area contributed by atoms with Crippen LogP contribution in [0.2, 0.25) is 0 Å². The number of nitrogen functional groups attached to an aromatic ring is 1. The molecule has 3 heterocycles. The fourth-order valence-corrected chi connectivity index (χ4v) is 2.44. The number of alkyl halides is 3. The monoisotopic (exact) mass is 323 g/mol. The molecule has 0 saturated carbocycles. The molecule has 120 valence electrons. The quantitative estimate of drug-likeness (QED) is 0.917. The number of nitriles is 1. The van der Waals surface area contributed by atoms with Gasteiger partial charge in [-0.15, -0.1) is 0 Å². The number of nitrogens with zero attached hydrogens (tertiary/aromatic N) is 4. The molecule has 1 saturated heterocycles. The maximum atomic E-state index is 12.6. The van der Waals surface area contributed by atoms with Gasteiger partial charge in [0.1, 0.15) is 29.2 Å². The first-order valence-corrected chi connectivity index (χ1v) is 6.85. The number of rotatable bonds is 2. The average molecular weight is 323 g/mol. The number of aromatic nitrogens is 3. The molecule has 2 N–H and O–H groups in total. The fourth-order valence-electron chi connectivity index (χ4n) is 2.44. The van der Waals surface area contributed by atoms with Gasteiger partial charge >= 0.3 is 6.18 Å². The number of anilines is 1. The molecule has 0 unspecified atom stereocenters. The SMILES string of the molecule is N#Cc1c([C@H]2CCCO2)nn(-c2ccc(C(F)(F)F)cn2)c1N. The zero-order valence-corrected chi connectivity index (χ0v) is 11.8. The highest BCUT2D eigenvalue weighted by Crippen LogP contribution is 2.33. The summed E-state index contributed by atoms with van der Waals surface area (Å²) in [6.07, 6.45) is -2.54. The van der Waals surface area contributed by atoms with Crippen LogP contribution < -0.4 is 5.73 Å². The molecule has 0 radical (unpaired) electrons. The van der Waals surface area contributed by atoms with E-state index in [1.807, 2.05) is 6.07 Å². The molecule has 6 nitrogen and oxygen atoms in total. The lowest BCUT2D eigenvalue weighted by Crippen LogP contribution is -2.09. The van der Waals surface area contributed by atoms with Gasteiger partial charge < -0.3 is 10.5 Å². The first-order chi connectivity index (χ1) is 10.9. The molecule has 0 aromatic carbocycles. The van der Waals surface area contributed by atoms with E-state index in [2.05, 4.69) is 10.1 Å². The zero-order chi connectivity index (χ0) is 16.6. The zero-order valence-electron chi connectivity index (χ0n) is 11.8. The van der Waals surface area contributed by atoms with Crippen LogP contribution in [0.4, 0.5) is 19.0 Å². The lowest BCUT2D eigenvalue weighted by atomic mass is 10.1. The van der Waals surface area contributed by atoms with Crippen molar-refractivity contribution in [2.24, 2.45) is 0 Å². The predicted molar refractivity (Wildman–Crippen MR) is 73.4 cm³/mol. The minimum Gasteiger partial charge on any atom is -0.382 e. The summed E-state index contributed by atoms with van der Waals surface area (Å²) in [6.45, 7) is 0.570. The van der Waals surface area contributed by atoms with E-state index in [0.29, 0.717) is 24.9 Å². The van der Waals surface area contributed by atoms with Gasteiger partial charge in [0.25, 0.3) is 0 Å². The maximum Gasteiger partial charge on any atom is 0.417 e. The van der Waals surface area contributed by atoms with Crippen LogP contribution in [0.5, 0.6) is 0 Å². The van der Waals surface area contributed by atoms with E-state index >= 15 is 0 Å². The summed E-state index contributed by atoms with van der Waals surface area (Å²) < 4.78 is 44.4. The van der Waals surface area contributed by atoms with Crippen molar-refractivity contribution in [1.82, 2.24) is 14.8 Å². The molecule has 9 heteroatoms. The lowest BCUT2D eigenvalue weighted by molar-refractivity contribution is -0.137. The number of nitrogens with two attached hydrogens (primary N) is 1. The molecule has 1 aliphatic heterocycles. The Kier molecular flexibility index (Phi) is 3.69. The second-order valence-corrected chi connectivity index (χ2v) is 5.07. The van der Waals surface area contributed by atoms with Gasteiger partial charge in [-0.1, -0.05) is 0 Å². The first-order valence-electron chi connectivity index (χ1n) is 6.85. The van der Waals surface area contributed by atoms with Gasteiger partial charge in [0, 0.05) is 12.8 Å². The Balaban J connectivity index is 2.01. The number of halogens is 3. The minimum atomic E-state index is -4.47. The molecular weight excluding hydrogens is 311 g/mol. The Morgan fingerprint density at radius 2 is 2.17 bits per heavy atom. The molecule has 0 spiro atoms. The molecular formula is C14H12F3N5O. The summed E-state index contributed by atoms with van der Waals surface area (Å²) in [5.74, 6) is 0.140. The summed E-state index contributed by atoms with van der Waals surface area (Å²) in [5.41, 5.74) is 5.59. The van der Waals surface area contributed by atoms with Gasteiger partial charge in [-0.2, -0.15) is 28.2 Å². The van der Waals surface area contributed by atoms with Crippen molar-refractivity contribution in [3.8, 4) is 11.9 Å². The molecule has 0 aliphatic carbocycles. The van der Waals surface area contributed by atoms with Crippen molar-refractivity contribution in [3.05, 3.63) is 35.2 Å². The predicted octanol–water partition coefficient (Wildman–Crippen LogP) is 2.59. The van der Waals surface area contributed by atoms with Crippen LogP contribution in [0.3, 0.4) is 0 Å². The van der Waals surface area contributed by atoms with Crippen molar-refractivity contribution in [2.75, 3.05) is 12.3 Å². The van der Waals surface area contributed by atoms with Crippen LogP contribution in [-0.2, 0) is 10.9 Å². The molecule has 1 aliphatic rings. The largest absolute Gasteiger partial charge is 0.417 e. The third kappa shape index (κ3) is 2.73. The maximum absolute atomic E-state index is 12.6. The van der Waals surface area contributed by atoms with Crippen LogP contribution in [0.1, 0.15) is 35.8 Å². The molecule has 1 fully saturated rings. The number of hydrogen-bond acceptors (Lipinski definition) is 5. The van der Waals surface area contributed by atoms with Crippen molar-refractivity contribution in [2.45, 2.75) is 25.1 Å². The molecule has 1 atom stereocenters. The normalized spacial score (nSPS) is 18.1. The van der Waals surface area contributed by atoms with Crippen molar-refractivity contribution < 1.29 is 17.9 Å². The highest BCUT2D eigenvalue weighted by atomic mass is 19.4. The molecule has 2 aromatic rings.